The first-order valence-electron chi connectivity index (χ1n) is 5.39. The number of hydrogen-bond donors (Lipinski definition) is 2. The summed E-state index contributed by atoms with van der Waals surface area (Å²) < 4.78 is 37.3. The molecule has 1 aromatic rings. The standard InChI is InChI=1S/C11H15F3N4O/c1-6-4-7(2)16-10(8(6)9(15)17-19)18(3)5-11(12,13)14/h4,19H,5H2,1-3H3,(H2,15,17). The summed E-state index contributed by atoms with van der Waals surface area (Å²) >= 11 is 0. The van der Waals surface area contributed by atoms with Crippen LogP contribution < -0.4 is 10.6 Å². The number of pyridine rings is 1. The van der Waals surface area contributed by atoms with Crippen molar-refractivity contribution in [3.8, 4) is 0 Å². The van der Waals surface area contributed by atoms with Crippen LogP contribution in [0.25, 0.3) is 0 Å². The van der Waals surface area contributed by atoms with Crippen molar-refractivity contribution in [2.75, 3.05) is 18.5 Å². The predicted octanol–water partition coefficient (Wildman–Crippen LogP) is 1.79. The maximum Gasteiger partial charge on any atom is 0.405 e. The molecule has 106 valence electrons. The van der Waals surface area contributed by atoms with E-state index in [0.717, 1.165) is 4.90 Å². The second-order valence-electron chi connectivity index (χ2n) is 4.24. The van der Waals surface area contributed by atoms with Crippen LogP contribution in [0, 0.1) is 13.8 Å². The lowest BCUT2D eigenvalue weighted by atomic mass is 10.1. The minimum absolute atomic E-state index is 0.0325. The van der Waals surface area contributed by atoms with Gasteiger partial charge in [0.15, 0.2) is 5.84 Å². The Labute approximate surface area is 108 Å². The Balaban J connectivity index is 3.32. The van der Waals surface area contributed by atoms with Crippen molar-refractivity contribution in [2.24, 2.45) is 10.9 Å². The molecule has 0 unspecified atom stereocenters. The summed E-state index contributed by atoms with van der Waals surface area (Å²) in [6, 6.07) is 1.65. The topological polar surface area (TPSA) is 74.7 Å². The SMILES string of the molecule is Cc1cc(C)c(/C(N)=N/O)c(N(C)CC(F)(F)F)n1. The molecule has 0 aliphatic rings. The third-order valence-electron chi connectivity index (χ3n) is 2.47. The maximum absolute atomic E-state index is 12.4. The number of aryl methyl sites for hydroxylation is 2. The van der Waals surface area contributed by atoms with Crippen molar-refractivity contribution in [1.82, 2.24) is 4.98 Å². The highest BCUT2D eigenvalue weighted by atomic mass is 19.4. The van der Waals surface area contributed by atoms with Gasteiger partial charge in [-0.1, -0.05) is 5.16 Å². The lowest BCUT2D eigenvalue weighted by molar-refractivity contribution is -0.119. The Bertz CT molecular complexity index is 499. The van der Waals surface area contributed by atoms with Crippen molar-refractivity contribution in [3.63, 3.8) is 0 Å². The summed E-state index contributed by atoms with van der Waals surface area (Å²) in [5, 5.41) is 11.6. The van der Waals surface area contributed by atoms with Crippen molar-refractivity contribution in [3.05, 3.63) is 22.9 Å². The Hall–Kier alpha value is -1.99. The zero-order valence-electron chi connectivity index (χ0n) is 10.8. The molecule has 1 aromatic heterocycles. The highest BCUT2D eigenvalue weighted by Crippen LogP contribution is 2.25. The molecule has 0 radical (unpaired) electrons. The predicted molar refractivity (Wildman–Crippen MR) is 65.5 cm³/mol. The van der Waals surface area contributed by atoms with Crippen LogP contribution in [0.15, 0.2) is 11.2 Å². The molecule has 1 rings (SSSR count). The molecule has 0 aromatic carbocycles. The minimum atomic E-state index is -4.36. The van der Waals surface area contributed by atoms with Crippen molar-refractivity contribution >= 4 is 11.7 Å². The monoisotopic (exact) mass is 276 g/mol. The van der Waals surface area contributed by atoms with Gasteiger partial charge in [0.05, 0.1) is 5.56 Å². The van der Waals surface area contributed by atoms with Gasteiger partial charge in [0.25, 0.3) is 0 Å². The molecule has 19 heavy (non-hydrogen) atoms. The largest absolute Gasteiger partial charge is 0.409 e. The number of halogens is 3. The number of anilines is 1. The van der Waals surface area contributed by atoms with Crippen LogP contribution in [0.5, 0.6) is 0 Å². The zero-order chi connectivity index (χ0) is 14.8. The van der Waals surface area contributed by atoms with Gasteiger partial charge in [-0.25, -0.2) is 4.98 Å². The lowest BCUT2D eigenvalue weighted by Crippen LogP contribution is -2.33. The molecular weight excluding hydrogens is 261 g/mol. The molecule has 0 bridgehead atoms. The van der Waals surface area contributed by atoms with E-state index in [2.05, 4.69) is 10.1 Å². The summed E-state index contributed by atoms with van der Waals surface area (Å²) in [4.78, 5) is 4.97. The van der Waals surface area contributed by atoms with Gasteiger partial charge in [0.1, 0.15) is 12.4 Å². The number of amidine groups is 1. The normalized spacial score (nSPS) is 12.6. The van der Waals surface area contributed by atoms with E-state index >= 15 is 0 Å². The molecular formula is C11H15F3N4O. The second-order valence-corrected chi connectivity index (χ2v) is 4.24. The van der Waals surface area contributed by atoms with Crippen LogP contribution in [0.4, 0.5) is 19.0 Å². The molecule has 0 aliphatic heterocycles. The Morgan fingerprint density at radius 2 is 2.05 bits per heavy atom. The number of hydrogen-bond acceptors (Lipinski definition) is 4. The first-order chi connectivity index (χ1) is 8.65. The fourth-order valence-corrected chi connectivity index (χ4v) is 1.80. The van der Waals surface area contributed by atoms with Crippen LogP contribution >= 0.6 is 0 Å². The first kappa shape index (κ1) is 15.1. The molecule has 0 aliphatic carbocycles. The zero-order valence-corrected chi connectivity index (χ0v) is 10.8. The van der Waals surface area contributed by atoms with Crippen molar-refractivity contribution in [2.45, 2.75) is 20.0 Å². The smallest absolute Gasteiger partial charge is 0.405 e. The van der Waals surface area contributed by atoms with Gasteiger partial charge in [-0.3, -0.25) is 0 Å². The lowest BCUT2D eigenvalue weighted by Gasteiger charge is -2.23. The maximum atomic E-state index is 12.4. The summed E-state index contributed by atoms with van der Waals surface area (Å²) in [7, 11) is 1.25. The average molecular weight is 276 g/mol. The molecule has 1 heterocycles. The van der Waals surface area contributed by atoms with Crippen molar-refractivity contribution in [1.29, 1.82) is 0 Å². The first-order valence-corrected chi connectivity index (χ1v) is 5.39. The Morgan fingerprint density at radius 1 is 1.47 bits per heavy atom. The van der Waals surface area contributed by atoms with E-state index in [0.29, 0.717) is 11.3 Å². The number of alkyl halides is 3. The van der Waals surface area contributed by atoms with Gasteiger partial charge in [-0.05, 0) is 25.5 Å². The Morgan fingerprint density at radius 3 is 2.53 bits per heavy atom. The van der Waals surface area contributed by atoms with E-state index in [1.54, 1.807) is 19.9 Å². The minimum Gasteiger partial charge on any atom is -0.409 e. The summed E-state index contributed by atoms with van der Waals surface area (Å²) in [5.41, 5.74) is 6.84. The molecule has 5 nitrogen and oxygen atoms in total. The Kier molecular flexibility index (Phi) is 4.23. The summed E-state index contributed by atoms with van der Waals surface area (Å²) in [5.74, 6) is -0.237. The molecule has 0 saturated carbocycles. The second kappa shape index (κ2) is 5.33. The van der Waals surface area contributed by atoms with E-state index in [1.807, 2.05) is 0 Å². The molecule has 0 fully saturated rings. The van der Waals surface area contributed by atoms with Crippen LogP contribution in [0.1, 0.15) is 16.8 Å². The van der Waals surface area contributed by atoms with Gasteiger partial charge < -0.3 is 15.8 Å². The molecule has 8 heteroatoms. The molecule has 0 spiro atoms. The number of nitrogens with zero attached hydrogens (tertiary/aromatic N) is 3. The third-order valence-corrected chi connectivity index (χ3v) is 2.47. The fourth-order valence-electron chi connectivity index (χ4n) is 1.80. The molecule has 0 atom stereocenters. The van der Waals surface area contributed by atoms with E-state index in [4.69, 9.17) is 10.9 Å². The highest BCUT2D eigenvalue weighted by molar-refractivity contribution is 6.02. The van der Waals surface area contributed by atoms with Crippen LogP contribution in [-0.4, -0.2) is 35.8 Å². The highest BCUT2D eigenvalue weighted by Gasteiger charge is 2.31. The number of aromatic nitrogens is 1. The molecule has 0 amide bonds. The van der Waals surface area contributed by atoms with Gasteiger partial charge in [-0.15, -0.1) is 0 Å². The van der Waals surface area contributed by atoms with Gasteiger partial charge in [0, 0.05) is 12.7 Å². The van der Waals surface area contributed by atoms with Crippen LogP contribution in [0.3, 0.4) is 0 Å². The van der Waals surface area contributed by atoms with E-state index in [-0.39, 0.29) is 17.2 Å². The van der Waals surface area contributed by atoms with Crippen LogP contribution in [-0.2, 0) is 0 Å². The number of nitrogens with two attached hydrogens (primary N) is 1. The van der Waals surface area contributed by atoms with E-state index in [9.17, 15) is 13.2 Å². The number of oxime groups is 1. The third kappa shape index (κ3) is 3.73. The van der Waals surface area contributed by atoms with E-state index in [1.165, 1.54) is 7.05 Å². The van der Waals surface area contributed by atoms with Crippen LogP contribution in [0.2, 0.25) is 0 Å². The summed E-state index contributed by atoms with van der Waals surface area (Å²) in [6.45, 7) is 2.15. The fraction of sp³-hybridized carbons (Fsp3) is 0.455. The van der Waals surface area contributed by atoms with Gasteiger partial charge in [-0.2, -0.15) is 13.2 Å². The molecule has 3 N–H and O–H groups in total. The molecule has 0 saturated heterocycles. The van der Waals surface area contributed by atoms with Gasteiger partial charge in [0.2, 0.25) is 0 Å². The summed E-state index contributed by atoms with van der Waals surface area (Å²) in [6.07, 6.45) is -4.36. The van der Waals surface area contributed by atoms with Crippen molar-refractivity contribution < 1.29 is 18.4 Å². The van der Waals surface area contributed by atoms with E-state index < -0.39 is 12.7 Å². The number of rotatable bonds is 3. The van der Waals surface area contributed by atoms with Gasteiger partial charge >= 0.3 is 6.18 Å². The quantitative estimate of drug-likeness (QED) is 0.382. The average Bonchev–Trinajstić information content (AvgIpc) is 2.24.